The van der Waals surface area contributed by atoms with Gasteiger partial charge in [0.2, 0.25) is 0 Å². The van der Waals surface area contributed by atoms with Crippen molar-refractivity contribution in [1.29, 1.82) is 0 Å². The van der Waals surface area contributed by atoms with Gasteiger partial charge in [0.05, 0.1) is 20.6 Å². The zero-order valence-corrected chi connectivity index (χ0v) is 15.3. The largest absolute Gasteiger partial charge is 0.507 e. The molecule has 1 N–H and O–H groups in total. The van der Waals surface area contributed by atoms with E-state index in [4.69, 9.17) is 9.47 Å². The summed E-state index contributed by atoms with van der Waals surface area (Å²) in [6.45, 7) is 5.85. The number of aromatic hydroxyl groups is 1. The van der Waals surface area contributed by atoms with E-state index in [9.17, 15) is 14.7 Å². The lowest BCUT2D eigenvalue weighted by Crippen LogP contribution is -2.08. The summed E-state index contributed by atoms with van der Waals surface area (Å²) in [7, 11) is 2.90. The number of carbonyl (C=O) groups is 2. The second-order valence-electron chi connectivity index (χ2n) is 6.25. The number of hydrogen-bond acceptors (Lipinski definition) is 6. The molecule has 0 saturated carbocycles. The van der Waals surface area contributed by atoms with Crippen molar-refractivity contribution in [2.75, 3.05) is 14.2 Å². The van der Waals surface area contributed by atoms with E-state index in [1.165, 1.54) is 14.2 Å². The van der Waals surface area contributed by atoms with E-state index in [0.717, 1.165) is 11.1 Å². The third-order valence-corrected chi connectivity index (χ3v) is 4.75. The fourth-order valence-corrected chi connectivity index (χ4v) is 2.99. The first-order valence-corrected chi connectivity index (χ1v) is 8.13. The number of phenolic OH excluding ortho intramolecular Hbond substituents is 1. The summed E-state index contributed by atoms with van der Waals surface area (Å²) >= 11 is 0. The van der Waals surface area contributed by atoms with E-state index in [0.29, 0.717) is 23.3 Å². The summed E-state index contributed by atoms with van der Waals surface area (Å²) in [5.74, 6) is -0.305. The number of benzene rings is 1. The standard InChI is InChI=1S/C19H24O6/c1-10(11(2)8-15(20)23-4)6-7-13-17(21)16-14(9-25-19(16)22)12(3)18(13)24-5/h6,11,21H,7-9H2,1-5H3/b10-6+. The van der Waals surface area contributed by atoms with Gasteiger partial charge in [-0.2, -0.15) is 0 Å². The maximum absolute atomic E-state index is 11.9. The Balaban J connectivity index is 2.35. The lowest BCUT2D eigenvalue weighted by molar-refractivity contribution is -0.141. The molecule has 2 rings (SSSR count). The second-order valence-corrected chi connectivity index (χ2v) is 6.25. The van der Waals surface area contributed by atoms with Crippen LogP contribution in [0.5, 0.6) is 11.5 Å². The number of allylic oxidation sites excluding steroid dienone is 2. The first-order chi connectivity index (χ1) is 11.8. The molecule has 0 spiro atoms. The van der Waals surface area contributed by atoms with Crippen LogP contribution in [0.25, 0.3) is 0 Å². The normalized spacial score (nSPS) is 14.8. The third-order valence-electron chi connectivity index (χ3n) is 4.75. The molecule has 1 aromatic carbocycles. The van der Waals surface area contributed by atoms with Crippen LogP contribution in [-0.4, -0.2) is 31.3 Å². The molecule has 0 saturated heterocycles. The minimum atomic E-state index is -0.515. The summed E-state index contributed by atoms with van der Waals surface area (Å²) in [6.07, 6.45) is 2.60. The van der Waals surface area contributed by atoms with Gasteiger partial charge in [-0.1, -0.05) is 18.6 Å². The first-order valence-electron chi connectivity index (χ1n) is 8.13. The number of methoxy groups -OCH3 is 2. The van der Waals surface area contributed by atoms with Crippen molar-refractivity contribution in [1.82, 2.24) is 0 Å². The number of phenols is 1. The molecule has 1 atom stereocenters. The number of cyclic esters (lactones) is 1. The molecule has 0 bridgehead atoms. The summed E-state index contributed by atoms with van der Waals surface area (Å²) < 4.78 is 15.2. The zero-order chi connectivity index (χ0) is 18.7. The van der Waals surface area contributed by atoms with Crippen LogP contribution in [0.1, 0.15) is 47.3 Å². The summed E-state index contributed by atoms with van der Waals surface area (Å²) in [5, 5.41) is 10.6. The number of esters is 2. The van der Waals surface area contributed by atoms with Crippen LogP contribution in [0.4, 0.5) is 0 Å². The van der Waals surface area contributed by atoms with Crippen LogP contribution in [0.3, 0.4) is 0 Å². The number of rotatable bonds is 6. The molecule has 0 aromatic heterocycles. The minimum absolute atomic E-state index is 0.0149. The Morgan fingerprint density at radius 2 is 2.08 bits per heavy atom. The summed E-state index contributed by atoms with van der Waals surface area (Å²) in [4.78, 5) is 23.3. The van der Waals surface area contributed by atoms with E-state index in [1.54, 1.807) is 0 Å². The van der Waals surface area contributed by atoms with Gasteiger partial charge in [-0.15, -0.1) is 0 Å². The molecule has 0 fully saturated rings. The van der Waals surface area contributed by atoms with Gasteiger partial charge in [0.1, 0.15) is 23.7 Å². The van der Waals surface area contributed by atoms with Crippen LogP contribution in [0.2, 0.25) is 0 Å². The van der Waals surface area contributed by atoms with Crippen molar-refractivity contribution in [2.45, 2.75) is 40.2 Å². The molecule has 1 aromatic rings. The molecular formula is C19H24O6. The van der Waals surface area contributed by atoms with Gasteiger partial charge in [-0.25, -0.2) is 4.79 Å². The van der Waals surface area contributed by atoms with Crippen molar-refractivity contribution in [3.8, 4) is 11.5 Å². The highest BCUT2D eigenvalue weighted by molar-refractivity contribution is 5.98. The zero-order valence-electron chi connectivity index (χ0n) is 15.3. The van der Waals surface area contributed by atoms with Gasteiger partial charge in [-0.3, -0.25) is 4.79 Å². The Labute approximate surface area is 147 Å². The molecule has 1 aliphatic heterocycles. The molecule has 0 amide bonds. The van der Waals surface area contributed by atoms with Crippen molar-refractivity contribution in [3.63, 3.8) is 0 Å². The fourth-order valence-electron chi connectivity index (χ4n) is 2.99. The Hall–Kier alpha value is -2.50. The molecule has 136 valence electrons. The Kier molecular flexibility index (Phi) is 5.72. The maximum atomic E-state index is 11.9. The van der Waals surface area contributed by atoms with Crippen LogP contribution >= 0.6 is 0 Å². The van der Waals surface area contributed by atoms with E-state index in [2.05, 4.69) is 4.74 Å². The molecule has 6 heteroatoms. The number of hydrogen-bond donors (Lipinski definition) is 1. The van der Waals surface area contributed by atoms with Crippen molar-refractivity contribution in [3.05, 3.63) is 33.9 Å². The lowest BCUT2D eigenvalue weighted by atomic mass is 9.93. The molecule has 6 nitrogen and oxygen atoms in total. The van der Waals surface area contributed by atoms with Gasteiger partial charge in [0.25, 0.3) is 0 Å². The summed E-state index contributed by atoms with van der Waals surface area (Å²) in [6, 6.07) is 0. The monoisotopic (exact) mass is 348 g/mol. The van der Waals surface area contributed by atoms with E-state index >= 15 is 0 Å². The number of carbonyl (C=O) groups excluding carboxylic acids is 2. The number of ether oxygens (including phenoxy) is 3. The van der Waals surface area contributed by atoms with Crippen LogP contribution in [0.15, 0.2) is 11.6 Å². The quantitative estimate of drug-likeness (QED) is 0.628. The highest BCUT2D eigenvalue weighted by Gasteiger charge is 2.31. The van der Waals surface area contributed by atoms with Crippen molar-refractivity contribution in [2.24, 2.45) is 5.92 Å². The minimum Gasteiger partial charge on any atom is -0.507 e. The Morgan fingerprint density at radius 3 is 2.68 bits per heavy atom. The highest BCUT2D eigenvalue weighted by atomic mass is 16.5. The predicted molar refractivity (Wildman–Crippen MR) is 91.8 cm³/mol. The van der Waals surface area contributed by atoms with Crippen LogP contribution < -0.4 is 4.74 Å². The Morgan fingerprint density at radius 1 is 1.40 bits per heavy atom. The number of fused-ring (bicyclic) bond motifs is 1. The molecule has 25 heavy (non-hydrogen) atoms. The average molecular weight is 348 g/mol. The average Bonchev–Trinajstić information content (AvgIpc) is 2.98. The SMILES string of the molecule is COC(=O)CC(C)/C(C)=C/Cc1c(O)c2c(c(C)c1OC)COC2=O. The Bertz CT molecular complexity index is 732. The van der Waals surface area contributed by atoms with Crippen molar-refractivity contribution < 1.29 is 28.9 Å². The molecule has 0 aliphatic carbocycles. The van der Waals surface area contributed by atoms with Crippen molar-refractivity contribution >= 4 is 11.9 Å². The van der Waals surface area contributed by atoms with Gasteiger partial charge in [0.15, 0.2) is 0 Å². The van der Waals surface area contributed by atoms with Crippen LogP contribution in [0, 0.1) is 12.8 Å². The fraction of sp³-hybridized carbons (Fsp3) is 0.474. The first kappa shape index (κ1) is 18.8. The second kappa shape index (κ2) is 7.59. The summed E-state index contributed by atoms with van der Waals surface area (Å²) in [5.41, 5.74) is 3.23. The molecule has 1 heterocycles. The van der Waals surface area contributed by atoms with Gasteiger partial charge >= 0.3 is 11.9 Å². The molecule has 1 aliphatic rings. The smallest absolute Gasteiger partial charge is 0.342 e. The lowest BCUT2D eigenvalue weighted by Gasteiger charge is -2.16. The van der Waals surface area contributed by atoms with Gasteiger partial charge < -0.3 is 19.3 Å². The predicted octanol–water partition coefficient (Wildman–Crippen LogP) is 3.07. The topological polar surface area (TPSA) is 82.1 Å². The van der Waals surface area contributed by atoms with Gasteiger partial charge in [0, 0.05) is 11.1 Å². The molecule has 1 unspecified atom stereocenters. The molecule has 0 radical (unpaired) electrons. The van der Waals surface area contributed by atoms with Gasteiger partial charge in [-0.05, 0) is 31.7 Å². The maximum Gasteiger partial charge on any atom is 0.342 e. The van der Waals surface area contributed by atoms with E-state index in [1.807, 2.05) is 26.8 Å². The van der Waals surface area contributed by atoms with Crippen LogP contribution in [-0.2, 0) is 27.3 Å². The van der Waals surface area contributed by atoms with E-state index in [-0.39, 0.29) is 36.2 Å². The molecular weight excluding hydrogens is 324 g/mol. The highest BCUT2D eigenvalue weighted by Crippen LogP contribution is 2.42. The third kappa shape index (κ3) is 3.62. The van der Waals surface area contributed by atoms with E-state index < -0.39 is 5.97 Å².